The van der Waals surface area contributed by atoms with Crippen LogP contribution in [0.5, 0.6) is 0 Å². The second-order valence-electron chi connectivity index (χ2n) is 9.11. The van der Waals surface area contributed by atoms with Crippen LogP contribution in [0.4, 0.5) is 0 Å². The molecule has 33 heavy (non-hydrogen) atoms. The summed E-state index contributed by atoms with van der Waals surface area (Å²) >= 11 is 7.70. The lowest BCUT2D eigenvalue weighted by atomic mass is 9.94. The van der Waals surface area contributed by atoms with E-state index in [0.717, 1.165) is 60.5 Å². The Morgan fingerprint density at radius 2 is 1.67 bits per heavy atom. The van der Waals surface area contributed by atoms with Crippen LogP contribution >= 0.6 is 22.9 Å². The summed E-state index contributed by atoms with van der Waals surface area (Å²) in [6, 6.07) is 11.9. The summed E-state index contributed by atoms with van der Waals surface area (Å²) in [5, 5.41) is 2.77. The number of aromatic nitrogens is 1. The average molecular weight is 485 g/mol. The third-order valence-corrected chi connectivity index (χ3v) is 8.05. The number of nitrogens with zero attached hydrogens (tertiary/aromatic N) is 4. The van der Waals surface area contributed by atoms with Crippen molar-refractivity contribution in [2.45, 2.75) is 19.4 Å². The first-order chi connectivity index (χ1) is 16.0. The number of benzene rings is 1. The minimum Gasteiger partial charge on any atom is -0.340 e. The van der Waals surface area contributed by atoms with Gasteiger partial charge in [0, 0.05) is 56.8 Å². The third kappa shape index (κ3) is 4.67. The molecule has 2 aliphatic heterocycles. The Hall–Kier alpha value is -2.35. The van der Waals surface area contributed by atoms with Crippen molar-refractivity contribution in [3.05, 3.63) is 58.1 Å². The molecule has 0 radical (unpaired) electrons. The van der Waals surface area contributed by atoms with Crippen molar-refractivity contribution in [3.63, 3.8) is 0 Å². The van der Waals surface area contributed by atoms with Crippen LogP contribution in [0.3, 0.4) is 0 Å². The Morgan fingerprint density at radius 3 is 2.36 bits per heavy atom. The molecule has 2 fully saturated rings. The molecule has 0 saturated carbocycles. The smallest absolute Gasteiger partial charge is 0.270 e. The first-order valence-electron chi connectivity index (χ1n) is 11.6. The van der Waals surface area contributed by atoms with E-state index in [0.29, 0.717) is 24.7 Å². The van der Waals surface area contributed by atoms with Crippen molar-refractivity contribution in [1.29, 1.82) is 0 Å². The standard InChI is InChI=1S/C25H29ClN4O2S/c1-27-11-13-29(14-12-27)24(31)19-6-9-28(10-7-19)25(32)22-16-23-21(8-15-33-23)30(22)17-18-2-4-20(26)5-3-18/h2-5,8,15-16,19H,6-7,9-14,17H2,1H3. The number of rotatable bonds is 4. The van der Waals surface area contributed by atoms with E-state index in [4.69, 9.17) is 11.6 Å². The van der Waals surface area contributed by atoms with Gasteiger partial charge in [-0.1, -0.05) is 23.7 Å². The zero-order chi connectivity index (χ0) is 22.9. The monoisotopic (exact) mass is 484 g/mol. The van der Waals surface area contributed by atoms with Gasteiger partial charge in [0.2, 0.25) is 5.91 Å². The lowest BCUT2D eigenvalue weighted by Gasteiger charge is -2.37. The number of hydrogen-bond acceptors (Lipinski definition) is 4. The second-order valence-corrected chi connectivity index (χ2v) is 10.5. The normalized spacial score (nSPS) is 18.2. The Bertz CT molecular complexity index is 1140. The van der Waals surface area contributed by atoms with E-state index in [-0.39, 0.29) is 17.7 Å². The van der Waals surface area contributed by atoms with Crippen LogP contribution in [0.25, 0.3) is 10.2 Å². The lowest BCUT2D eigenvalue weighted by Crippen LogP contribution is -2.51. The maximum Gasteiger partial charge on any atom is 0.270 e. The fraction of sp³-hybridized carbons (Fsp3) is 0.440. The first-order valence-corrected chi connectivity index (χ1v) is 12.8. The minimum absolute atomic E-state index is 0.0294. The van der Waals surface area contributed by atoms with Crippen LogP contribution in [0.15, 0.2) is 41.8 Å². The Labute approximate surface area is 203 Å². The van der Waals surface area contributed by atoms with Gasteiger partial charge in [-0.05, 0) is 55.1 Å². The Balaban J connectivity index is 1.28. The maximum atomic E-state index is 13.5. The summed E-state index contributed by atoms with van der Waals surface area (Å²) in [6.45, 7) is 5.37. The van der Waals surface area contributed by atoms with Crippen LogP contribution in [0.1, 0.15) is 28.9 Å². The lowest BCUT2D eigenvalue weighted by molar-refractivity contribution is -0.138. The average Bonchev–Trinajstić information content (AvgIpc) is 3.43. The number of piperidine rings is 1. The molecule has 174 valence electrons. The van der Waals surface area contributed by atoms with Gasteiger partial charge < -0.3 is 19.3 Å². The van der Waals surface area contributed by atoms with Crippen LogP contribution in [-0.4, -0.2) is 77.4 Å². The number of likely N-dealkylation sites (N-methyl/N-ethyl adjacent to an activating group) is 1. The van der Waals surface area contributed by atoms with Crippen LogP contribution < -0.4 is 0 Å². The number of halogens is 1. The SMILES string of the molecule is CN1CCN(C(=O)C2CCN(C(=O)c3cc4sccc4n3Cc3ccc(Cl)cc3)CC2)CC1. The topological polar surface area (TPSA) is 48.8 Å². The summed E-state index contributed by atoms with van der Waals surface area (Å²) in [7, 11) is 2.10. The highest BCUT2D eigenvalue weighted by Gasteiger charge is 2.32. The van der Waals surface area contributed by atoms with Crippen molar-refractivity contribution >= 4 is 45.0 Å². The van der Waals surface area contributed by atoms with Crippen molar-refractivity contribution in [3.8, 4) is 0 Å². The molecule has 2 aromatic heterocycles. The van der Waals surface area contributed by atoms with Gasteiger partial charge >= 0.3 is 0 Å². The second kappa shape index (κ2) is 9.49. The minimum atomic E-state index is 0.0294. The maximum absolute atomic E-state index is 13.5. The van der Waals surface area contributed by atoms with E-state index in [1.807, 2.05) is 40.1 Å². The number of amides is 2. The number of fused-ring (bicyclic) bond motifs is 1. The number of hydrogen-bond donors (Lipinski definition) is 0. The fourth-order valence-corrected chi connectivity index (χ4v) is 5.82. The molecule has 4 heterocycles. The number of thiophene rings is 1. The molecule has 2 aliphatic rings. The molecule has 0 N–H and O–H groups in total. The molecule has 5 rings (SSSR count). The highest BCUT2D eigenvalue weighted by Crippen LogP contribution is 2.29. The Morgan fingerprint density at radius 1 is 0.970 bits per heavy atom. The van der Waals surface area contributed by atoms with Crippen LogP contribution in [0.2, 0.25) is 5.02 Å². The van der Waals surface area contributed by atoms with E-state index in [1.165, 1.54) is 0 Å². The van der Waals surface area contributed by atoms with Gasteiger partial charge in [-0.15, -0.1) is 11.3 Å². The van der Waals surface area contributed by atoms with Gasteiger partial charge in [-0.3, -0.25) is 9.59 Å². The molecular formula is C25H29ClN4O2S. The van der Waals surface area contributed by atoms with Crippen LogP contribution in [-0.2, 0) is 11.3 Å². The quantitative estimate of drug-likeness (QED) is 0.561. The Kier molecular flexibility index (Phi) is 6.45. The predicted octanol–water partition coefficient (Wildman–Crippen LogP) is 4.03. The molecular weight excluding hydrogens is 456 g/mol. The molecule has 8 heteroatoms. The highest BCUT2D eigenvalue weighted by atomic mass is 35.5. The number of likely N-dealkylation sites (tertiary alicyclic amines) is 1. The molecule has 3 aromatic rings. The van der Waals surface area contributed by atoms with Gasteiger partial charge in [0.1, 0.15) is 5.69 Å². The summed E-state index contributed by atoms with van der Waals surface area (Å²) < 4.78 is 3.23. The molecule has 0 atom stereocenters. The molecule has 0 aliphatic carbocycles. The zero-order valence-corrected chi connectivity index (χ0v) is 20.4. The summed E-state index contributed by atoms with van der Waals surface area (Å²) in [6.07, 6.45) is 1.48. The first kappa shape index (κ1) is 22.4. The van der Waals surface area contributed by atoms with E-state index in [1.54, 1.807) is 11.3 Å². The third-order valence-electron chi connectivity index (χ3n) is 6.94. The number of carbonyl (C=O) groups excluding carboxylic acids is 2. The molecule has 1 aromatic carbocycles. The van der Waals surface area contributed by atoms with Crippen molar-refractivity contribution < 1.29 is 9.59 Å². The van der Waals surface area contributed by atoms with Gasteiger partial charge in [-0.2, -0.15) is 0 Å². The predicted molar refractivity (Wildman–Crippen MR) is 133 cm³/mol. The molecule has 2 amide bonds. The molecule has 0 unspecified atom stereocenters. The molecule has 0 bridgehead atoms. The fourth-order valence-electron chi connectivity index (χ4n) is 4.87. The van der Waals surface area contributed by atoms with E-state index >= 15 is 0 Å². The van der Waals surface area contributed by atoms with E-state index in [9.17, 15) is 9.59 Å². The number of carbonyl (C=O) groups is 2. The molecule has 0 spiro atoms. The number of piperazine rings is 1. The van der Waals surface area contributed by atoms with Crippen molar-refractivity contribution in [1.82, 2.24) is 19.3 Å². The largest absolute Gasteiger partial charge is 0.340 e. The van der Waals surface area contributed by atoms with E-state index in [2.05, 4.69) is 28.0 Å². The van der Waals surface area contributed by atoms with Crippen molar-refractivity contribution in [2.75, 3.05) is 46.3 Å². The molecule has 6 nitrogen and oxygen atoms in total. The van der Waals surface area contributed by atoms with Gasteiger partial charge in [-0.25, -0.2) is 0 Å². The van der Waals surface area contributed by atoms with Crippen LogP contribution in [0, 0.1) is 5.92 Å². The summed E-state index contributed by atoms with van der Waals surface area (Å²) in [4.78, 5) is 32.7. The van der Waals surface area contributed by atoms with E-state index < -0.39 is 0 Å². The van der Waals surface area contributed by atoms with Gasteiger partial charge in [0.05, 0.1) is 10.2 Å². The van der Waals surface area contributed by atoms with Crippen molar-refractivity contribution in [2.24, 2.45) is 5.92 Å². The van der Waals surface area contributed by atoms with Gasteiger partial charge in [0.15, 0.2) is 0 Å². The summed E-state index contributed by atoms with van der Waals surface area (Å²) in [5.41, 5.74) is 2.91. The van der Waals surface area contributed by atoms with Gasteiger partial charge in [0.25, 0.3) is 5.91 Å². The summed E-state index contributed by atoms with van der Waals surface area (Å²) in [5.74, 6) is 0.349. The molecule has 2 saturated heterocycles. The zero-order valence-electron chi connectivity index (χ0n) is 18.9. The highest BCUT2D eigenvalue weighted by molar-refractivity contribution is 7.17.